The van der Waals surface area contributed by atoms with Gasteiger partial charge in [-0.05, 0) is 12.8 Å². The SMILES string of the molecule is CCCOc1ccnc(NC2CCC(=O)N(C)C2=O)n1. The second-order valence-corrected chi connectivity index (χ2v) is 4.59. The van der Waals surface area contributed by atoms with Gasteiger partial charge >= 0.3 is 0 Å². The first-order chi connectivity index (χ1) is 9.61. The number of amides is 2. The number of carbonyl (C=O) groups excluding carboxylic acids is 2. The standard InChI is InChI=1S/C13H18N4O3/c1-3-8-20-10-6-7-14-13(16-10)15-9-4-5-11(18)17(2)12(9)19/h6-7,9H,3-5,8H2,1-2H3,(H,14,15,16). The lowest BCUT2D eigenvalue weighted by molar-refractivity contribution is -0.146. The molecule has 0 radical (unpaired) electrons. The van der Waals surface area contributed by atoms with E-state index in [0.717, 1.165) is 11.3 Å². The molecule has 7 heteroatoms. The Morgan fingerprint density at radius 3 is 3.05 bits per heavy atom. The van der Waals surface area contributed by atoms with E-state index in [4.69, 9.17) is 4.74 Å². The molecule has 0 aliphatic carbocycles. The molecule has 20 heavy (non-hydrogen) atoms. The van der Waals surface area contributed by atoms with Crippen LogP contribution >= 0.6 is 0 Å². The minimum Gasteiger partial charge on any atom is -0.478 e. The average Bonchev–Trinajstić information content (AvgIpc) is 2.46. The molecule has 108 valence electrons. The van der Waals surface area contributed by atoms with Crippen LogP contribution in [0.1, 0.15) is 26.2 Å². The summed E-state index contributed by atoms with van der Waals surface area (Å²) in [6, 6.07) is 1.19. The topological polar surface area (TPSA) is 84.4 Å². The van der Waals surface area contributed by atoms with Crippen LogP contribution in [0, 0.1) is 0 Å². The maximum absolute atomic E-state index is 12.0. The van der Waals surface area contributed by atoms with Gasteiger partial charge in [-0.2, -0.15) is 4.98 Å². The van der Waals surface area contributed by atoms with E-state index < -0.39 is 6.04 Å². The molecule has 2 rings (SSSR count). The fraction of sp³-hybridized carbons (Fsp3) is 0.538. The predicted octanol–water partition coefficient (Wildman–Crippen LogP) is 0.825. The normalized spacial score (nSPS) is 19.1. The van der Waals surface area contributed by atoms with Crippen molar-refractivity contribution in [2.24, 2.45) is 0 Å². The van der Waals surface area contributed by atoms with Gasteiger partial charge in [0.05, 0.1) is 6.61 Å². The quantitative estimate of drug-likeness (QED) is 0.803. The van der Waals surface area contributed by atoms with Crippen molar-refractivity contribution in [2.45, 2.75) is 32.2 Å². The van der Waals surface area contributed by atoms with E-state index in [2.05, 4.69) is 15.3 Å². The molecule has 7 nitrogen and oxygen atoms in total. The van der Waals surface area contributed by atoms with E-state index in [9.17, 15) is 9.59 Å². The molecule has 1 aromatic rings. The lowest BCUT2D eigenvalue weighted by Gasteiger charge is -2.28. The maximum Gasteiger partial charge on any atom is 0.251 e. The third kappa shape index (κ3) is 3.23. The number of ether oxygens (including phenoxy) is 1. The van der Waals surface area contributed by atoms with Gasteiger partial charge in [-0.15, -0.1) is 0 Å². The van der Waals surface area contributed by atoms with Crippen molar-refractivity contribution in [3.8, 4) is 5.88 Å². The number of aromatic nitrogens is 2. The summed E-state index contributed by atoms with van der Waals surface area (Å²) in [4.78, 5) is 32.7. The highest BCUT2D eigenvalue weighted by molar-refractivity contribution is 6.01. The maximum atomic E-state index is 12.0. The van der Waals surface area contributed by atoms with Crippen LogP contribution < -0.4 is 10.1 Å². The van der Waals surface area contributed by atoms with E-state index in [1.54, 1.807) is 12.3 Å². The number of likely N-dealkylation sites (tertiary alicyclic amines) is 1. The van der Waals surface area contributed by atoms with Crippen molar-refractivity contribution in [3.05, 3.63) is 12.3 Å². The van der Waals surface area contributed by atoms with Gasteiger partial charge in [0, 0.05) is 25.7 Å². The molecule has 0 aromatic carbocycles. The molecule has 1 aromatic heterocycles. The van der Waals surface area contributed by atoms with Crippen LogP contribution in [-0.2, 0) is 9.59 Å². The number of imide groups is 1. The summed E-state index contributed by atoms with van der Waals surface area (Å²) < 4.78 is 5.41. The molecule has 1 aliphatic rings. The number of rotatable bonds is 5. The highest BCUT2D eigenvalue weighted by atomic mass is 16.5. The molecule has 2 amide bonds. The fourth-order valence-electron chi connectivity index (χ4n) is 1.90. The Morgan fingerprint density at radius 2 is 2.30 bits per heavy atom. The zero-order chi connectivity index (χ0) is 14.5. The molecule has 0 spiro atoms. The Hall–Kier alpha value is -2.18. The predicted molar refractivity (Wildman–Crippen MR) is 72.2 cm³/mol. The first-order valence-corrected chi connectivity index (χ1v) is 6.64. The molecular formula is C13H18N4O3. The molecule has 1 aliphatic heterocycles. The number of anilines is 1. The number of nitrogens with zero attached hydrogens (tertiary/aromatic N) is 3. The van der Waals surface area contributed by atoms with Gasteiger partial charge in [0.1, 0.15) is 6.04 Å². The summed E-state index contributed by atoms with van der Waals surface area (Å²) in [6.45, 7) is 2.59. The summed E-state index contributed by atoms with van der Waals surface area (Å²) in [6.07, 6.45) is 3.25. The first-order valence-electron chi connectivity index (χ1n) is 6.64. The smallest absolute Gasteiger partial charge is 0.251 e. The number of nitrogens with one attached hydrogen (secondary N) is 1. The van der Waals surface area contributed by atoms with Crippen LogP contribution in [0.15, 0.2) is 12.3 Å². The summed E-state index contributed by atoms with van der Waals surface area (Å²) in [5, 5.41) is 2.95. The number of carbonyl (C=O) groups is 2. The van der Waals surface area contributed by atoms with Gasteiger partial charge < -0.3 is 10.1 Å². The largest absolute Gasteiger partial charge is 0.478 e. The van der Waals surface area contributed by atoms with E-state index in [-0.39, 0.29) is 11.8 Å². The second-order valence-electron chi connectivity index (χ2n) is 4.59. The second kappa shape index (κ2) is 6.31. The van der Waals surface area contributed by atoms with Gasteiger partial charge in [0.25, 0.3) is 5.91 Å². The molecular weight excluding hydrogens is 260 g/mol. The van der Waals surface area contributed by atoms with Crippen molar-refractivity contribution < 1.29 is 14.3 Å². The van der Waals surface area contributed by atoms with Gasteiger partial charge in [0.15, 0.2) is 0 Å². The molecule has 1 unspecified atom stereocenters. The number of hydrogen-bond donors (Lipinski definition) is 1. The average molecular weight is 278 g/mol. The monoisotopic (exact) mass is 278 g/mol. The van der Waals surface area contributed by atoms with Crippen molar-refractivity contribution in [1.29, 1.82) is 0 Å². The molecule has 1 saturated heterocycles. The van der Waals surface area contributed by atoms with Crippen LogP contribution in [0.2, 0.25) is 0 Å². The summed E-state index contributed by atoms with van der Waals surface area (Å²) in [5.74, 6) is 0.385. The van der Waals surface area contributed by atoms with Gasteiger partial charge in [-0.25, -0.2) is 4.98 Å². The molecule has 1 atom stereocenters. The Bertz CT molecular complexity index is 506. The molecule has 2 heterocycles. The van der Waals surface area contributed by atoms with Crippen LogP contribution in [0.4, 0.5) is 5.95 Å². The Morgan fingerprint density at radius 1 is 1.50 bits per heavy atom. The highest BCUT2D eigenvalue weighted by Crippen LogP contribution is 2.16. The van der Waals surface area contributed by atoms with Crippen molar-refractivity contribution in [3.63, 3.8) is 0 Å². The van der Waals surface area contributed by atoms with Crippen LogP contribution in [0.5, 0.6) is 5.88 Å². The lowest BCUT2D eigenvalue weighted by atomic mass is 10.1. The van der Waals surface area contributed by atoms with E-state index >= 15 is 0 Å². The third-order valence-corrected chi connectivity index (χ3v) is 3.04. The van der Waals surface area contributed by atoms with Crippen LogP contribution in [-0.4, -0.2) is 46.4 Å². The Labute approximate surface area is 117 Å². The summed E-state index contributed by atoms with van der Waals surface area (Å²) in [7, 11) is 1.49. The summed E-state index contributed by atoms with van der Waals surface area (Å²) >= 11 is 0. The fourth-order valence-corrected chi connectivity index (χ4v) is 1.90. The minimum atomic E-state index is -0.473. The van der Waals surface area contributed by atoms with Gasteiger partial charge in [0.2, 0.25) is 17.7 Å². The summed E-state index contributed by atoms with van der Waals surface area (Å²) in [5.41, 5.74) is 0. The molecule has 0 bridgehead atoms. The van der Waals surface area contributed by atoms with Crippen LogP contribution in [0.3, 0.4) is 0 Å². The van der Waals surface area contributed by atoms with Gasteiger partial charge in [-0.3, -0.25) is 14.5 Å². The first kappa shape index (κ1) is 14.2. The van der Waals surface area contributed by atoms with Crippen molar-refractivity contribution in [2.75, 3.05) is 19.0 Å². The number of hydrogen-bond acceptors (Lipinski definition) is 6. The Kier molecular flexibility index (Phi) is 4.49. The zero-order valence-corrected chi connectivity index (χ0v) is 11.6. The molecule has 1 N–H and O–H groups in total. The highest BCUT2D eigenvalue weighted by Gasteiger charge is 2.32. The van der Waals surface area contributed by atoms with Crippen molar-refractivity contribution >= 4 is 17.8 Å². The van der Waals surface area contributed by atoms with E-state index in [1.165, 1.54) is 7.05 Å². The number of likely N-dealkylation sites (N-methyl/N-ethyl adjacent to an activating group) is 1. The van der Waals surface area contributed by atoms with E-state index in [0.29, 0.717) is 31.3 Å². The lowest BCUT2D eigenvalue weighted by Crippen LogP contribution is -2.48. The van der Waals surface area contributed by atoms with Crippen LogP contribution in [0.25, 0.3) is 0 Å². The zero-order valence-electron chi connectivity index (χ0n) is 11.6. The van der Waals surface area contributed by atoms with Gasteiger partial charge in [-0.1, -0.05) is 6.92 Å². The Balaban J connectivity index is 2.02. The van der Waals surface area contributed by atoms with E-state index in [1.807, 2.05) is 6.92 Å². The number of piperidine rings is 1. The minimum absolute atomic E-state index is 0.158. The third-order valence-electron chi connectivity index (χ3n) is 3.04. The molecule has 1 fully saturated rings. The van der Waals surface area contributed by atoms with Crippen molar-refractivity contribution in [1.82, 2.24) is 14.9 Å². The molecule has 0 saturated carbocycles.